The molecule has 14 heavy (non-hydrogen) atoms. The van der Waals surface area contributed by atoms with Crippen molar-refractivity contribution in [3.8, 4) is 0 Å². The summed E-state index contributed by atoms with van der Waals surface area (Å²) >= 11 is 4.90. The second-order valence-electron chi connectivity index (χ2n) is 3.98. The van der Waals surface area contributed by atoms with Crippen molar-refractivity contribution in [2.24, 2.45) is 11.1 Å². The van der Waals surface area contributed by atoms with Crippen molar-refractivity contribution in [1.29, 1.82) is 0 Å². The van der Waals surface area contributed by atoms with E-state index in [4.69, 9.17) is 22.7 Å². The largest absolute Gasteiger partial charge is 0.392 e. The van der Waals surface area contributed by atoms with Gasteiger partial charge in [0.2, 0.25) is 5.91 Å². The Morgan fingerprint density at radius 2 is 2.29 bits per heavy atom. The van der Waals surface area contributed by atoms with Gasteiger partial charge in [0, 0.05) is 6.61 Å². The van der Waals surface area contributed by atoms with Crippen LogP contribution in [-0.2, 0) is 9.53 Å². The summed E-state index contributed by atoms with van der Waals surface area (Å²) in [6.07, 6.45) is 2.47. The van der Waals surface area contributed by atoms with E-state index in [2.05, 4.69) is 5.32 Å². The van der Waals surface area contributed by atoms with E-state index in [0.717, 1.165) is 25.9 Å². The molecular weight excluding hydrogens is 200 g/mol. The first kappa shape index (κ1) is 9.86. The Hall–Kier alpha value is -0.680. The van der Waals surface area contributed by atoms with Crippen molar-refractivity contribution in [3.63, 3.8) is 0 Å². The van der Waals surface area contributed by atoms with Crippen molar-refractivity contribution >= 4 is 23.1 Å². The van der Waals surface area contributed by atoms with Crippen molar-refractivity contribution in [2.75, 3.05) is 13.2 Å². The fourth-order valence-electron chi connectivity index (χ4n) is 1.68. The van der Waals surface area contributed by atoms with Gasteiger partial charge in [-0.3, -0.25) is 4.79 Å². The maximum atomic E-state index is 11.8. The van der Waals surface area contributed by atoms with E-state index >= 15 is 0 Å². The third-order valence-corrected chi connectivity index (χ3v) is 3.31. The topological polar surface area (TPSA) is 64.4 Å². The quantitative estimate of drug-likeness (QED) is 0.647. The third kappa shape index (κ3) is 1.62. The van der Waals surface area contributed by atoms with Crippen molar-refractivity contribution in [1.82, 2.24) is 5.32 Å². The minimum Gasteiger partial charge on any atom is -0.392 e. The van der Waals surface area contributed by atoms with Crippen LogP contribution in [0.25, 0.3) is 0 Å². The Bertz CT molecular complexity index is 270. The first-order valence-corrected chi connectivity index (χ1v) is 5.24. The molecule has 1 heterocycles. The molecule has 4 nitrogen and oxygen atoms in total. The molecule has 1 amide bonds. The van der Waals surface area contributed by atoms with Gasteiger partial charge in [0.1, 0.15) is 0 Å². The van der Waals surface area contributed by atoms with Gasteiger partial charge in [0.15, 0.2) is 0 Å². The summed E-state index contributed by atoms with van der Waals surface area (Å²) in [5.41, 5.74) is 5.02. The van der Waals surface area contributed by atoms with E-state index in [1.807, 2.05) is 0 Å². The van der Waals surface area contributed by atoms with Gasteiger partial charge >= 0.3 is 0 Å². The summed E-state index contributed by atoms with van der Waals surface area (Å²) in [6.45, 7) is 1.34. The standard InChI is InChI=1S/C9H14N2O2S/c10-7(14)9(2-3-9)8(12)11-6-1-4-13-5-6/h6H,1-5H2,(H2,10,14)(H,11,12). The number of amides is 1. The smallest absolute Gasteiger partial charge is 0.233 e. The molecule has 1 saturated heterocycles. The van der Waals surface area contributed by atoms with Gasteiger partial charge in [0.05, 0.1) is 23.1 Å². The fraction of sp³-hybridized carbons (Fsp3) is 0.778. The lowest BCUT2D eigenvalue weighted by molar-refractivity contribution is -0.124. The lowest BCUT2D eigenvalue weighted by Crippen LogP contribution is -2.44. The molecule has 0 aromatic rings. The second-order valence-corrected chi connectivity index (χ2v) is 4.42. The molecule has 0 spiro atoms. The number of thiocarbonyl (C=S) groups is 1. The van der Waals surface area contributed by atoms with E-state index < -0.39 is 5.41 Å². The molecule has 0 bridgehead atoms. The predicted octanol–water partition coefficient (Wildman–Crippen LogP) is -0.0422. The van der Waals surface area contributed by atoms with Crippen LogP contribution in [0.1, 0.15) is 19.3 Å². The maximum absolute atomic E-state index is 11.8. The normalized spacial score (nSPS) is 28.4. The van der Waals surface area contributed by atoms with Gasteiger partial charge in [-0.05, 0) is 19.3 Å². The third-order valence-electron chi connectivity index (χ3n) is 2.92. The van der Waals surface area contributed by atoms with Crippen LogP contribution in [0.15, 0.2) is 0 Å². The number of carbonyl (C=O) groups is 1. The van der Waals surface area contributed by atoms with Crippen LogP contribution in [0, 0.1) is 5.41 Å². The van der Waals surface area contributed by atoms with Gasteiger partial charge in [-0.15, -0.1) is 0 Å². The molecule has 2 fully saturated rings. The molecule has 0 aromatic carbocycles. The van der Waals surface area contributed by atoms with E-state index in [0.29, 0.717) is 11.6 Å². The summed E-state index contributed by atoms with van der Waals surface area (Å²) in [5.74, 6) is -0.0134. The monoisotopic (exact) mass is 214 g/mol. The van der Waals surface area contributed by atoms with Crippen LogP contribution in [0.3, 0.4) is 0 Å². The van der Waals surface area contributed by atoms with E-state index in [-0.39, 0.29) is 11.9 Å². The predicted molar refractivity (Wildman–Crippen MR) is 55.8 cm³/mol. The molecule has 1 unspecified atom stereocenters. The summed E-state index contributed by atoms with van der Waals surface area (Å²) in [5, 5.41) is 2.93. The average Bonchev–Trinajstić information content (AvgIpc) is 2.81. The van der Waals surface area contributed by atoms with Crippen molar-refractivity contribution in [2.45, 2.75) is 25.3 Å². The highest BCUT2D eigenvalue weighted by atomic mass is 32.1. The molecule has 1 aliphatic carbocycles. The Morgan fingerprint density at radius 1 is 1.57 bits per heavy atom. The average molecular weight is 214 g/mol. The molecule has 2 aliphatic rings. The molecule has 0 aromatic heterocycles. The van der Waals surface area contributed by atoms with E-state index in [1.54, 1.807) is 0 Å². The number of nitrogens with two attached hydrogens (primary N) is 1. The van der Waals surface area contributed by atoms with Gasteiger partial charge in [-0.1, -0.05) is 12.2 Å². The van der Waals surface area contributed by atoms with Crippen LogP contribution in [-0.4, -0.2) is 30.2 Å². The minimum atomic E-state index is -0.530. The molecule has 5 heteroatoms. The lowest BCUT2D eigenvalue weighted by Gasteiger charge is -2.16. The molecular formula is C9H14N2O2S. The molecule has 1 aliphatic heterocycles. The van der Waals surface area contributed by atoms with Crippen molar-refractivity contribution < 1.29 is 9.53 Å². The van der Waals surface area contributed by atoms with Crippen LogP contribution < -0.4 is 11.1 Å². The molecule has 2 rings (SSSR count). The zero-order valence-corrected chi connectivity index (χ0v) is 8.73. The maximum Gasteiger partial charge on any atom is 0.233 e. The Balaban J connectivity index is 1.92. The summed E-state index contributed by atoms with van der Waals surface area (Å²) in [7, 11) is 0. The van der Waals surface area contributed by atoms with Crippen LogP contribution in [0.2, 0.25) is 0 Å². The van der Waals surface area contributed by atoms with Gasteiger partial charge in [-0.25, -0.2) is 0 Å². The zero-order chi connectivity index (χ0) is 10.2. The number of rotatable bonds is 3. The van der Waals surface area contributed by atoms with Gasteiger partial charge in [-0.2, -0.15) is 0 Å². The van der Waals surface area contributed by atoms with Crippen LogP contribution in [0.4, 0.5) is 0 Å². The highest BCUT2D eigenvalue weighted by Gasteiger charge is 2.53. The van der Waals surface area contributed by atoms with E-state index in [9.17, 15) is 4.79 Å². The van der Waals surface area contributed by atoms with Gasteiger partial charge in [0.25, 0.3) is 0 Å². The number of ether oxygens (including phenoxy) is 1. The molecule has 1 saturated carbocycles. The first-order valence-electron chi connectivity index (χ1n) is 4.84. The SMILES string of the molecule is NC(=S)C1(C(=O)NC2CCOC2)CC1. The second kappa shape index (κ2) is 3.47. The molecule has 3 N–H and O–H groups in total. The summed E-state index contributed by atoms with van der Waals surface area (Å²) < 4.78 is 5.17. The Labute approximate surface area is 88.2 Å². The lowest BCUT2D eigenvalue weighted by atomic mass is 10.1. The molecule has 78 valence electrons. The molecule has 1 atom stereocenters. The fourth-order valence-corrected chi connectivity index (χ4v) is 1.98. The Kier molecular flexibility index (Phi) is 2.45. The summed E-state index contributed by atoms with van der Waals surface area (Å²) in [4.78, 5) is 12.1. The highest BCUT2D eigenvalue weighted by Crippen LogP contribution is 2.46. The highest BCUT2D eigenvalue weighted by molar-refractivity contribution is 7.80. The number of nitrogens with one attached hydrogen (secondary N) is 1. The van der Waals surface area contributed by atoms with Gasteiger partial charge < -0.3 is 15.8 Å². The molecule has 0 radical (unpaired) electrons. The number of hydrogen-bond acceptors (Lipinski definition) is 3. The summed E-state index contributed by atoms with van der Waals surface area (Å²) in [6, 6.07) is 0.148. The Morgan fingerprint density at radius 3 is 2.71 bits per heavy atom. The first-order chi connectivity index (χ1) is 6.65. The minimum absolute atomic E-state index is 0.0134. The van der Waals surface area contributed by atoms with E-state index in [1.165, 1.54) is 0 Å². The number of carbonyl (C=O) groups excluding carboxylic acids is 1. The van der Waals surface area contributed by atoms with Crippen molar-refractivity contribution in [3.05, 3.63) is 0 Å². The number of hydrogen-bond donors (Lipinski definition) is 2. The van der Waals surface area contributed by atoms with Crippen LogP contribution in [0.5, 0.6) is 0 Å². The zero-order valence-electron chi connectivity index (χ0n) is 7.91. The van der Waals surface area contributed by atoms with Crippen LogP contribution >= 0.6 is 12.2 Å².